The number of non-ortho nitro benzene ring substituents is 1. The van der Waals surface area contributed by atoms with Gasteiger partial charge < -0.3 is 10.2 Å². The summed E-state index contributed by atoms with van der Waals surface area (Å²) in [4.78, 5) is 27.4. The molecule has 0 radical (unpaired) electrons. The third-order valence-corrected chi connectivity index (χ3v) is 5.49. The Morgan fingerprint density at radius 3 is 2.45 bits per heavy atom. The van der Waals surface area contributed by atoms with Gasteiger partial charge in [0.25, 0.3) is 5.69 Å². The number of hydrogen-bond donors (Lipinski definition) is 1. The molecule has 1 N–H and O–H groups in total. The van der Waals surface area contributed by atoms with Crippen LogP contribution in [0.1, 0.15) is 31.7 Å². The lowest BCUT2D eigenvalue weighted by Gasteiger charge is -2.32. The second-order valence-corrected chi connectivity index (χ2v) is 7.56. The Labute approximate surface area is 171 Å². The van der Waals surface area contributed by atoms with Crippen LogP contribution in [0.15, 0.2) is 48.5 Å². The van der Waals surface area contributed by atoms with Gasteiger partial charge in [-0.05, 0) is 57.0 Å². The van der Waals surface area contributed by atoms with Crippen molar-refractivity contribution in [3.63, 3.8) is 0 Å². The summed E-state index contributed by atoms with van der Waals surface area (Å²) in [6.45, 7) is 4.69. The number of rotatable bonds is 7. The summed E-state index contributed by atoms with van der Waals surface area (Å²) in [7, 11) is 1.94. The highest BCUT2D eigenvalue weighted by Gasteiger charge is 2.21. The van der Waals surface area contributed by atoms with E-state index in [4.69, 9.17) is 0 Å². The van der Waals surface area contributed by atoms with Gasteiger partial charge in [0.2, 0.25) is 5.91 Å². The number of carbonyl (C=O) groups is 1. The molecule has 0 spiro atoms. The van der Waals surface area contributed by atoms with E-state index in [2.05, 4.69) is 28.4 Å². The van der Waals surface area contributed by atoms with Gasteiger partial charge in [0.1, 0.15) is 0 Å². The highest BCUT2D eigenvalue weighted by atomic mass is 16.6. The van der Waals surface area contributed by atoms with E-state index in [0.29, 0.717) is 12.2 Å². The minimum Gasteiger partial charge on any atom is -0.371 e. The molecule has 3 rings (SSSR count). The van der Waals surface area contributed by atoms with Crippen molar-refractivity contribution < 1.29 is 9.72 Å². The number of nitro benzene ring substituents is 1. The zero-order valence-corrected chi connectivity index (χ0v) is 17.0. The number of nitrogens with zero attached hydrogens (tertiary/aromatic N) is 3. The molecule has 0 saturated carbocycles. The normalized spacial score (nSPS) is 15.2. The number of nitrogens with one attached hydrogen (secondary N) is 1. The number of anilines is 2. The molecule has 0 unspecified atom stereocenters. The first kappa shape index (κ1) is 20.8. The van der Waals surface area contributed by atoms with E-state index in [0.717, 1.165) is 13.1 Å². The predicted molar refractivity (Wildman–Crippen MR) is 115 cm³/mol. The SMILES string of the molecule is C[C@@H](C(=O)Nc1ccc([N+](=O)[O-])cc1)N(C)Cc1ccccc1N1CCCCC1. The largest absolute Gasteiger partial charge is 0.371 e. The van der Waals surface area contributed by atoms with Gasteiger partial charge in [0.05, 0.1) is 11.0 Å². The van der Waals surface area contributed by atoms with Gasteiger partial charge in [-0.3, -0.25) is 19.8 Å². The maximum atomic E-state index is 12.7. The maximum absolute atomic E-state index is 12.7. The molecule has 2 aromatic rings. The molecular formula is C22H28N4O3. The van der Waals surface area contributed by atoms with Gasteiger partial charge in [0, 0.05) is 43.1 Å². The summed E-state index contributed by atoms with van der Waals surface area (Å²) in [5.74, 6) is -0.142. The van der Waals surface area contributed by atoms with Crippen molar-refractivity contribution in [3.05, 3.63) is 64.2 Å². The topological polar surface area (TPSA) is 78.7 Å². The van der Waals surface area contributed by atoms with Gasteiger partial charge >= 0.3 is 0 Å². The molecule has 1 aliphatic rings. The van der Waals surface area contributed by atoms with Crippen LogP contribution < -0.4 is 10.2 Å². The molecule has 1 amide bonds. The lowest BCUT2D eigenvalue weighted by molar-refractivity contribution is -0.384. The summed E-state index contributed by atoms with van der Waals surface area (Å²) in [6, 6.07) is 13.9. The Morgan fingerprint density at radius 2 is 1.79 bits per heavy atom. The Morgan fingerprint density at radius 1 is 1.14 bits per heavy atom. The molecule has 1 atom stereocenters. The fourth-order valence-corrected chi connectivity index (χ4v) is 3.61. The first-order valence-corrected chi connectivity index (χ1v) is 10.0. The summed E-state index contributed by atoms with van der Waals surface area (Å²) in [5.41, 5.74) is 3.02. The summed E-state index contributed by atoms with van der Waals surface area (Å²) >= 11 is 0. The van der Waals surface area contributed by atoms with Gasteiger partial charge in [0.15, 0.2) is 0 Å². The van der Waals surface area contributed by atoms with Crippen LogP contribution in [0.5, 0.6) is 0 Å². The van der Waals surface area contributed by atoms with Crippen LogP contribution in [-0.4, -0.2) is 41.9 Å². The smallest absolute Gasteiger partial charge is 0.269 e. The summed E-state index contributed by atoms with van der Waals surface area (Å²) < 4.78 is 0. The molecular weight excluding hydrogens is 368 g/mol. The predicted octanol–water partition coefficient (Wildman–Crippen LogP) is 4.04. The Balaban J connectivity index is 1.63. The first-order chi connectivity index (χ1) is 14.0. The number of amides is 1. The van der Waals surface area contributed by atoms with E-state index in [1.165, 1.54) is 42.6 Å². The number of benzene rings is 2. The number of para-hydroxylation sites is 1. The molecule has 154 valence electrons. The van der Waals surface area contributed by atoms with Gasteiger partial charge in [-0.2, -0.15) is 0 Å². The van der Waals surface area contributed by atoms with Crippen molar-refractivity contribution in [3.8, 4) is 0 Å². The van der Waals surface area contributed by atoms with E-state index in [-0.39, 0.29) is 17.6 Å². The lowest BCUT2D eigenvalue weighted by atomic mass is 10.1. The van der Waals surface area contributed by atoms with Crippen LogP contribution in [-0.2, 0) is 11.3 Å². The standard InChI is InChI=1S/C22H28N4O3/c1-17(22(27)23-19-10-12-20(13-11-19)26(28)29)24(2)16-18-8-4-5-9-21(18)25-14-6-3-7-15-25/h4-5,8-13,17H,3,6-7,14-16H2,1-2H3,(H,23,27)/t17-/m0/s1. The number of nitro groups is 1. The van der Waals surface area contributed by atoms with Crippen LogP contribution in [0.25, 0.3) is 0 Å². The van der Waals surface area contributed by atoms with Crippen molar-refractivity contribution >= 4 is 23.0 Å². The van der Waals surface area contributed by atoms with Crippen LogP contribution in [0.2, 0.25) is 0 Å². The molecule has 1 saturated heterocycles. The third-order valence-electron chi connectivity index (χ3n) is 5.49. The second-order valence-electron chi connectivity index (χ2n) is 7.56. The molecule has 7 heteroatoms. The van der Waals surface area contributed by atoms with E-state index < -0.39 is 4.92 Å². The van der Waals surface area contributed by atoms with E-state index in [1.54, 1.807) is 12.1 Å². The van der Waals surface area contributed by atoms with E-state index >= 15 is 0 Å². The molecule has 1 aliphatic heterocycles. The minimum absolute atomic E-state index is 0.00230. The van der Waals surface area contributed by atoms with Crippen molar-refractivity contribution in [2.45, 2.75) is 38.8 Å². The van der Waals surface area contributed by atoms with Crippen LogP contribution in [0.3, 0.4) is 0 Å². The molecule has 7 nitrogen and oxygen atoms in total. The highest BCUT2D eigenvalue weighted by molar-refractivity contribution is 5.94. The Hall–Kier alpha value is -2.93. The van der Waals surface area contributed by atoms with Crippen LogP contribution in [0.4, 0.5) is 17.1 Å². The van der Waals surface area contributed by atoms with Gasteiger partial charge in [-0.1, -0.05) is 18.2 Å². The molecule has 0 aromatic heterocycles. The molecule has 29 heavy (non-hydrogen) atoms. The number of carbonyl (C=O) groups excluding carboxylic acids is 1. The van der Waals surface area contributed by atoms with Crippen LogP contribution >= 0.6 is 0 Å². The van der Waals surface area contributed by atoms with Crippen LogP contribution in [0, 0.1) is 10.1 Å². The highest BCUT2D eigenvalue weighted by Crippen LogP contribution is 2.25. The van der Waals surface area contributed by atoms with Gasteiger partial charge in [-0.25, -0.2) is 0 Å². The quantitative estimate of drug-likeness (QED) is 0.564. The summed E-state index contributed by atoms with van der Waals surface area (Å²) in [6.07, 6.45) is 3.73. The molecule has 0 aliphatic carbocycles. The molecule has 2 aromatic carbocycles. The fourth-order valence-electron chi connectivity index (χ4n) is 3.61. The lowest BCUT2D eigenvalue weighted by Crippen LogP contribution is -2.39. The Kier molecular flexibility index (Phi) is 6.82. The van der Waals surface area contributed by atoms with Crippen molar-refractivity contribution in [2.75, 3.05) is 30.4 Å². The monoisotopic (exact) mass is 396 g/mol. The second kappa shape index (κ2) is 9.52. The number of piperidine rings is 1. The molecule has 1 fully saturated rings. The number of hydrogen-bond acceptors (Lipinski definition) is 5. The minimum atomic E-state index is -0.457. The number of likely N-dealkylation sites (N-methyl/N-ethyl adjacent to an activating group) is 1. The molecule has 1 heterocycles. The van der Waals surface area contributed by atoms with Crippen molar-refractivity contribution in [1.82, 2.24) is 4.90 Å². The van der Waals surface area contributed by atoms with E-state index in [1.807, 2.05) is 24.9 Å². The van der Waals surface area contributed by atoms with E-state index in [9.17, 15) is 14.9 Å². The average molecular weight is 396 g/mol. The summed E-state index contributed by atoms with van der Waals surface area (Å²) in [5, 5.41) is 13.6. The zero-order chi connectivity index (χ0) is 20.8. The molecule has 0 bridgehead atoms. The maximum Gasteiger partial charge on any atom is 0.269 e. The average Bonchev–Trinajstić information content (AvgIpc) is 2.74. The zero-order valence-electron chi connectivity index (χ0n) is 17.0. The fraction of sp³-hybridized carbons (Fsp3) is 0.409. The third kappa shape index (κ3) is 5.32. The Bertz CT molecular complexity index is 847. The van der Waals surface area contributed by atoms with Crippen molar-refractivity contribution in [2.24, 2.45) is 0 Å². The van der Waals surface area contributed by atoms with Gasteiger partial charge in [-0.15, -0.1) is 0 Å². The van der Waals surface area contributed by atoms with Crippen molar-refractivity contribution in [1.29, 1.82) is 0 Å². The first-order valence-electron chi connectivity index (χ1n) is 10.0.